The number of sulfone groups is 1. The van der Waals surface area contributed by atoms with E-state index in [1.807, 2.05) is 38.3 Å². The quantitative estimate of drug-likeness (QED) is 0.412. The Morgan fingerprint density at radius 2 is 1.43 bits per heavy atom. The molecule has 0 fully saturated rings. The lowest BCUT2D eigenvalue weighted by Crippen LogP contribution is -2.28. The van der Waals surface area contributed by atoms with Crippen LogP contribution in [0.2, 0.25) is 0 Å². The molecule has 0 saturated carbocycles. The van der Waals surface area contributed by atoms with E-state index in [0.717, 1.165) is 15.5 Å². The molecule has 0 bridgehead atoms. The van der Waals surface area contributed by atoms with Gasteiger partial charge in [-0.05, 0) is 64.4 Å². The Hall–Kier alpha value is -1.36. The highest BCUT2D eigenvalue weighted by atomic mass is 32.2. The van der Waals surface area contributed by atoms with Crippen LogP contribution >= 0.6 is 34.4 Å². The number of hydrogen-bond donors (Lipinski definition) is 0. The van der Waals surface area contributed by atoms with Crippen molar-refractivity contribution in [2.75, 3.05) is 11.5 Å². The fourth-order valence-electron chi connectivity index (χ4n) is 1.88. The van der Waals surface area contributed by atoms with Gasteiger partial charge in [-0.25, -0.2) is 8.42 Å². The second kappa shape index (κ2) is 11.3. The average molecular weight is 493 g/mol. The van der Waals surface area contributed by atoms with Crippen molar-refractivity contribution in [2.45, 2.75) is 61.2 Å². The van der Waals surface area contributed by atoms with Gasteiger partial charge in [0.25, 0.3) is 0 Å². The van der Waals surface area contributed by atoms with Crippen molar-refractivity contribution in [1.82, 2.24) is 0 Å². The highest BCUT2D eigenvalue weighted by Crippen LogP contribution is 2.24. The summed E-state index contributed by atoms with van der Waals surface area (Å²) in [5, 5.41) is 3.65. The van der Waals surface area contributed by atoms with Gasteiger partial charge in [-0.1, -0.05) is 12.1 Å². The molecule has 0 unspecified atom stereocenters. The number of ether oxygens (including phenoxy) is 2. The molecule has 0 aliphatic heterocycles. The summed E-state index contributed by atoms with van der Waals surface area (Å²) in [5.74, 6) is -1.10. The van der Waals surface area contributed by atoms with Gasteiger partial charge < -0.3 is 9.47 Å². The van der Waals surface area contributed by atoms with Crippen LogP contribution in [0.15, 0.2) is 43.4 Å². The van der Waals surface area contributed by atoms with Crippen molar-refractivity contribution in [3.63, 3.8) is 0 Å². The Bertz CT molecular complexity index is 886. The molecule has 0 atom stereocenters. The van der Waals surface area contributed by atoms with E-state index in [0.29, 0.717) is 5.75 Å². The van der Waals surface area contributed by atoms with E-state index in [1.54, 1.807) is 43.6 Å². The Morgan fingerprint density at radius 3 is 1.90 bits per heavy atom. The second-order valence-electron chi connectivity index (χ2n) is 8.08. The molecule has 0 saturated heterocycles. The number of carbonyl (C=O) groups excluding carboxylic acids is 2. The molecule has 0 aromatic carbocycles. The van der Waals surface area contributed by atoms with Crippen molar-refractivity contribution in [3.8, 4) is 0 Å². The molecular formula is C20H28O6S4. The van der Waals surface area contributed by atoms with Gasteiger partial charge in [0.1, 0.15) is 15.4 Å². The zero-order valence-electron chi connectivity index (χ0n) is 18.0. The minimum Gasteiger partial charge on any atom is -0.459 e. The van der Waals surface area contributed by atoms with Gasteiger partial charge in [0, 0.05) is 0 Å². The zero-order chi connectivity index (χ0) is 23.0. The molecule has 0 N–H and O–H groups in total. The maximum absolute atomic E-state index is 11.7. The molecule has 2 aromatic heterocycles. The SMILES string of the molecule is CC(C)(C)OC(=O)CS(=O)(=O)c1cccs1.CC(C)(C)OC(=O)CSc1cccs1. The van der Waals surface area contributed by atoms with Crippen molar-refractivity contribution < 1.29 is 27.5 Å². The Labute approximate surface area is 190 Å². The maximum atomic E-state index is 11.7. The van der Waals surface area contributed by atoms with Crippen LogP contribution in [0.25, 0.3) is 0 Å². The van der Waals surface area contributed by atoms with Gasteiger partial charge in [-0.2, -0.15) is 0 Å². The lowest BCUT2D eigenvalue weighted by molar-refractivity contribution is -0.152. The highest BCUT2D eigenvalue weighted by molar-refractivity contribution is 8.01. The summed E-state index contributed by atoms with van der Waals surface area (Å²) >= 11 is 4.25. The average Bonchev–Trinajstić information content (AvgIpc) is 3.23. The summed E-state index contributed by atoms with van der Waals surface area (Å²) in [7, 11) is -3.54. The molecule has 2 heterocycles. The Kier molecular flexibility index (Phi) is 10.1. The predicted molar refractivity (Wildman–Crippen MR) is 123 cm³/mol. The first-order valence-corrected chi connectivity index (χ1v) is 13.4. The molecule has 0 amide bonds. The van der Waals surface area contributed by atoms with E-state index in [1.165, 1.54) is 17.8 Å². The number of thiophene rings is 2. The normalized spacial score (nSPS) is 11.9. The lowest BCUT2D eigenvalue weighted by atomic mass is 10.2. The lowest BCUT2D eigenvalue weighted by Gasteiger charge is -2.19. The summed E-state index contributed by atoms with van der Waals surface area (Å²) in [6.07, 6.45) is 0. The molecule has 2 rings (SSSR count). The van der Waals surface area contributed by atoms with Crippen molar-refractivity contribution in [1.29, 1.82) is 0 Å². The second-order valence-corrected chi connectivity index (χ2v) is 13.5. The number of hydrogen-bond acceptors (Lipinski definition) is 9. The molecule has 168 valence electrons. The molecule has 2 aromatic rings. The summed E-state index contributed by atoms with van der Waals surface area (Å²) in [6, 6.07) is 7.08. The predicted octanol–water partition coefficient (Wildman–Crippen LogP) is 5.05. The molecule has 0 aliphatic carbocycles. The van der Waals surface area contributed by atoms with Crippen LogP contribution in [0.5, 0.6) is 0 Å². The van der Waals surface area contributed by atoms with Crippen LogP contribution in [0.1, 0.15) is 41.5 Å². The van der Waals surface area contributed by atoms with Crippen molar-refractivity contribution in [2.24, 2.45) is 0 Å². The van der Waals surface area contributed by atoms with E-state index in [9.17, 15) is 18.0 Å². The first-order chi connectivity index (χ1) is 13.7. The van der Waals surface area contributed by atoms with Gasteiger partial charge >= 0.3 is 11.9 Å². The molecule has 0 radical (unpaired) electrons. The highest BCUT2D eigenvalue weighted by Gasteiger charge is 2.24. The Balaban J connectivity index is 0.000000303. The third-order valence-corrected chi connectivity index (χ3v) is 7.96. The number of rotatable bonds is 6. The first kappa shape index (κ1) is 26.7. The van der Waals surface area contributed by atoms with Crippen LogP contribution in [0, 0.1) is 0 Å². The largest absolute Gasteiger partial charge is 0.459 e. The van der Waals surface area contributed by atoms with E-state index < -0.39 is 27.2 Å². The van der Waals surface area contributed by atoms with E-state index in [4.69, 9.17) is 9.47 Å². The third-order valence-electron chi connectivity index (χ3n) is 2.78. The van der Waals surface area contributed by atoms with Gasteiger partial charge in [0.05, 0.1) is 9.96 Å². The van der Waals surface area contributed by atoms with Crippen LogP contribution in [0.4, 0.5) is 0 Å². The van der Waals surface area contributed by atoms with Gasteiger partial charge in [-0.15, -0.1) is 34.4 Å². The summed E-state index contributed by atoms with van der Waals surface area (Å²) in [6.45, 7) is 10.7. The van der Waals surface area contributed by atoms with Crippen LogP contribution < -0.4 is 0 Å². The topological polar surface area (TPSA) is 86.7 Å². The van der Waals surface area contributed by atoms with Gasteiger partial charge in [-0.3, -0.25) is 9.59 Å². The summed E-state index contributed by atoms with van der Waals surface area (Å²) in [4.78, 5) is 22.7. The van der Waals surface area contributed by atoms with Gasteiger partial charge in [0.2, 0.25) is 0 Å². The fraction of sp³-hybridized carbons (Fsp3) is 0.500. The maximum Gasteiger partial charge on any atom is 0.322 e. The molecule has 10 heteroatoms. The zero-order valence-corrected chi connectivity index (χ0v) is 21.2. The standard InChI is InChI=1S/C10H14O4S2.C10H14O2S2/c1-10(2,3)14-8(11)7-16(12,13)9-5-4-6-15-9;1-10(2,3)12-8(11)7-14-9-5-4-6-13-9/h4-6H,7H2,1-3H3;4-6H,7H2,1-3H3. The summed E-state index contributed by atoms with van der Waals surface area (Å²) in [5.41, 5.74) is -1.05. The van der Waals surface area contributed by atoms with Crippen molar-refractivity contribution in [3.05, 3.63) is 35.0 Å². The van der Waals surface area contributed by atoms with Crippen molar-refractivity contribution >= 4 is 56.2 Å². The number of esters is 2. The molecule has 30 heavy (non-hydrogen) atoms. The minimum atomic E-state index is -3.54. The molecule has 0 spiro atoms. The molecule has 6 nitrogen and oxygen atoms in total. The van der Waals surface area contributed by atoms with Crippen LogP contribution in [0.3, 0.4) is 0 Å². The first-order valence-electron chi connectivity index (χ1n) is 9.04. The number of thioether (sulfide) groups is 1. The van der Waals surface area contributed by atoms with E-state index >= 15 is 0 Å². The van der Waals surface area contributed by atoms with Crippen LogP contribution in [-0.2, 0) is 28.9 Å². The third kappa shape index (κ3) is 11.7. The fourth-order valence-corrected chi connectivity index (χ4v) is 5.62. The van der Waals surface area contributed by atoms with E-state index in [-0.39, 0.29) is 15.8 Å². The minimum absolute atomic E-state index is 0.157. The Morgan fingerprint density at radius 1 is 0.900 bits per heavy atom. The van der Waals surface area contributed by atoms with Crippen LogP contribution in [-0.4, -0.2) is 43.1 Å². The smallest absolute Gasteiger partial charge is 0.322 e. The van der Waals surface area contributed by atoms with E-state index in [2.05, 4.69) is 0 Å². The summed E-state index contributed by atoms with van der Waals surface area (Å²) < 4.78 is 34.9. The molecular weight excluding hydrogens is 464 g/mol. The number of carbonyl (C=O) groups is 2. The monoisotopic (exact) mass is 492 g/mol. The molecule has 0 aliphatic rings. The van der Waals surface area contributed by atoms with Gasteiger partial charge in [0.15, 0.2) is 15.6 Å².